The third kappa shape index (κ3) is 3.47. The third-order valence-corrected chi connectivity index (χ3v) is 3.02. The lowest BCUT2D eigenvalue weighted by Gasteiger charge is -2.25. The number of hydrogen-bond acceptors (Lipinski definition) is 2. The highest BCUT2D eigenvalue weighted by atomic mass is 15.0. The van der Waals surface area contributed by atoms with Crippen molar-refractivity contribution in [2.24, 2.45) is 0 Å². The van der Waals surface area contributed by atoms with E-state index in [0.29, 0.717) is 5.71 Å². The highest BCUT2D eigenvalue weighted by Gasteiger charge is 2.15. The number of anilines is 1. The van der Waals surface area contributed by atoms with Gasteiger partial charge in [-0.1, -0.05) is 42.5 Å². The summed E-state index contributed by atoms with van der Waals surface area (Å²) in [6.07, 6.45) is 0. The maximum absolute atomic E-state index is 8.45. The van der Waals surface area contributed by atoms with Gasteiger partial charge in [-0.3, -0.25) is 5.41 Å². The fourth-order valence-electron chi connectivity index (χ4n) is 2.14. The molecule has 2 aromatic carbocycles. The quantitative estimate of drug-likeness (QED) is 0.781. The monoisotopic (exact) mass is 266 g/mol. The largest absolute Gasteiger partial charge is 0.380 e. The number of aryl methyl sites for hydroxylation is 1. The van der Waals surface area contributed by atoms with Crippen LogP contribution in [0.3, 0.4) is 0 Å². The van der Waals surface area contributed by atoms with Crippen LogP contribution >= 0.6 is 0 Å². The van der Waals surface area contributed by atoms with Gasteiger partial charge in [0, 0.05) is 22.4 Å². The zero-order chi connectivity index (χ0) is 14.8. The molecule has 0 saturated heterocycles. The molecule has 104 valence electrons. The number of rotatable bonds is 3. The van der Waals surface area contributed by atoms with Crippen molar-refractivity contribution in [3.63, 3.8) is 0 Å². The zero-order valence-electron chi connectivity index (χ0n) is 12.6. The Hall–Kier alpha value is -2.09. The predicted molar refractivity (Wildman–Crippen MR) is 86.9 cm³/mol. The second-order valence-electron chi connectivity index (χ2n) is 6.17. The number of hydrogen-bond donors (Lipinski definition) is 2. The van der Waals surface area contributed by atoms with Gasteiger partial charge in [0.15, 0.2) is 0 Å². The van der Waals surface area contributed by atoms with E-state index in [2.05, 4.69) is 45.1 Å². The maximum atomic E-state index is 8.45. The molecule has 0 amide bonds. The van der Waals surface area contributed by atoms with Gasteiger partial charge >= 0.3 is 0 Å². The fourth-order valence-corrected chi connectivity index (χ4v) is 2.14. The van der Waals surface area contributed by atoms with Gasteiger partial charge in [0.1, 0.15) is 0 Å². The maximum Gasteiger partial charge on any atom is 0.0705 e. The van der Waals surface area contributed by atoms with Crippen LogP contribution in [0.4, 0.5) is 5.69 Å². The molecule has 0 atom stereocenters. The minimum atomic E-state index is -0.0283. The SMILES string of the molecule is Cc1ccc(C(=N)c2ccccc2)c(NC(C)(C)C)c1. The molecule has 0 radical (unpaired) electrons. The third-order valence-electron chi connectivity index (χ3n) is 3.02. The van der Waals surface area contributed by atoms with Crippen LogP contribution in [0.5, 0.6) is 0 Å². The van der Waals surface area contributed by atoms with E-state index >= 15 is 0 Å². The molecule has 0 spiro atoms. The highest BCUT2D eigenvalue weighted by molar-refractivity contribution is 6.14. The topological polar surface area (TPSA) is 35.9 Å². The fraction of sp³-hybridized carbons (Fsp3) is 0.278. The van der Waals surface area contributed by atoms with Gasteiger partial charge in [-0.05, 0) is 39.3 Å². The Labute approximate surface area is 121 Å². The molecule has 0 saturated carbocycles. The molecule has 0 bridgehead atoms. The van der Waals surface area contributed by atoms with Crippen molar-refractivity contribution < 1.29 is 0 Å². The summed E-state index contributed by atoms with van der Waals surface area (Å²) in [5.74, 6) is 0. The molecule has 0 aliphatic heterocycles. The zero-order valence-corrected chi connectivity index (χ0v) is 12.6. The minimum Gasteiger partial charge on any atom is -0.380 e. The Morgan fingerprint density at radius 1 is 1.00 bits per heavy atom. The van der Waals surface area contributed by atoms with E-state index < -0.39 is 0 Å². The number of benzene rings is 2. The lowest BCUT2D eigenvalue weighted by atomic mass is 9.98. The standard InChI is InChI=1S/C18H22N2/c1-13-10-11-15(16(12-13)20-18(2,3)4)17(19)14-8-6-5-7-9-14/h5-12,19-20H,1-4H3. The Kier molecular flexibility index (Phi) is 3.93. The molecular weight excluding hydrogens is 244 g/mol. The van der Waals surface area contributed by atoms with Gasteiger partial charge < -0.3 is 5.32 Å². The molecule has 20 heavy (non-hydrogen) atoms. The molecule has 0 aromatic heterocycles. The van der Waals surface area contributed by atoms with Gasteiger partial charge in [0.05, 0.1) is 5.71 Å². The Morgan fingerprint density at radius 2 is 1.65 bits per heavy atom. The van der Waals surface area contributed by atoms with E-state index in [1.807, 2.05) is 36.4 Å². The summed E-state index contributed by atoms with van der Waals surface area (Å²) < 4.78 is 0. The molecule has 0 unspecified atom stereocenters. The lowest BCUT2D eigenvalue weighted by Crippen LogP contribution is -2.27. The van der Waals surface area contributed by atoms with Crippen LogP contribution in [-0.2, 0) is 0 Å². The summed E-state index contributed by atoms with van der Waals surface area (Å²) >= 11 is 0. The Balaban J connectivity index is 2.43. The van der Waals surface area contributed by atoms with Crippen molar-refractivity contribution in [3.05, 3.63) is 65.2 Å². The van der Waals surface area contributed by atoms with Crippen molar-refractivity contribution in [2.75, 3.05) is 5.32 Å². The summed E-state index contributed by atoms with van der Waals surface area (Å²) in [4.78, 5) is 0. The highest BCUT2D eigenvalue weighted by Crippen LogP contribution is 2.24. The normalized spacial score (nSPS) is 11.2. The van der Waals surface area contributed by atoms with Crippen LogP contribution in [-0.4, -0.2) is 11.3 Å². The van der Waals surface area contributed by atoms with Gasteiger partial charge in [0.2, 0.25) is 0 Å². The first-order chi connectivity index (χ1) is 9.37. The van der Waals surface area contributed by atoms with Gasteiger partial charge in [-0.15, -0.1) is 0 Å². The van der Waals surface area contributed by atoms with Crippen LogP contribution in [0.2, 0.25) is 0 Å². The molecule has 0 heterocycles. The molecular formula is C18H22N2. The molecule has 0 aliphatic rings. The average Bonchev–Trinajstić information content (AvgIpc) is 2.37. The van der Waals surface area contributed by atoms with Crippen LogP contribution in [0.25, 0.3) is 0 Å². The van der Waals surface area contributed by atoms with Gasteiger partial charge in [-0.25, -0.2) is 0 Å². The van der Waals surface area contributed by atoms with Crippen LogP contribution in [0, 0.1) is 12.3 Å². The van der Waals surface area contributed by atoms with Gasteiger partial charge in [-0.2, -0.15) is 0 Å². The second-order valence-corrected chi connectivity index (χ2v) is 6.17. The van der Waals surface area contributed by atoms with Crippen LogP contribution in [0.1, 0.15) is 37.5 Å². The first-order valence-electron chi connectivity index (χ1n) is 6.90. The molecule has 2 N–H and O–H groups in total. The molecule has 0 fully saturated rings. The molecule has 2 rings (SSSR count). The van der Waals surface area contributed by atoms with E-state index in [0.717, 1.165) is 16.8 Å². The summed E-state index contributed by atoms with van der Waals surface area (Å²) in [5, 5.41) is 12.0. The average molecular weight is 266 g/mol. The summed E-state index contributed by atoms with van der Waals surface area (Å²) in [5.41, 5.74) is 4.62. The first-order valence-corrected chi connectivity index (χ1v) is 6.90. The minimum absolute atomic E-state index is 0.0283. The van der Waals surface area contributed by atoms with E-state index in [1.165, 1.54) is 5.56 Å². The van der Waals surface area contributed by atoms with E-state index in [4.69, 9.17) is 5.41 Å². The van der Waals surface area contributed by atoms with Crippen molar-refractivity contribution in [1.29, 1.82) is 5.41 Å². The van der Waals surface area contributed by atoms with Crippen molar-refractivity contribution in [2.45, 2.75) is 33.2 Å². The Bertz CT molecular complexity index is 607. The predicted octanol–water partition coefficient (Wildman–Crippen LogP) is 4.62. The van der Waals surface area contributed by atoms with Crippen LogP contribution < -0.4 is 5.32 Å². The summed E-state index contributed by atoms with van der Waals surface area (Å²) in [7, 11) is 0. The van der Waals surface area contributed by atoms with Crippen molar-refractivity contribution >= 4 is 11.4 Å². The molecule has 2 heteroatoms. The lowest BCUT2D eigenvalue weighted by molar-refractivity contribution is 0.634. The molecule has 2 nitrogen and oxygen atoms in total. The van der Waals surface area contributed by atoms with Crippen molar-refractivity contribution in [1.82, 2.24) is 0 Å². The Morgan fingerprint density at radius 3 is 2.25 bits per heavy atom. The van der Waals surface area contributed by atoms with Crippen LogP contribution in [0.15, 0.2) is 48.5 Å². The van der Waals surface area contributed by atoms with E-state index in [1.54, 1.807) is 0 Å². The van der Waals surface area contributed by atoms with E-state index in [-0.39, 0.29) is 5.54 Å². The first kappa shape index (κ1) is 14.3. The summed E-state index contributed by atoms with van der Waals surface area (Å²) in [6, 6.07) is 16.0. The van der Waals surface area contributed by atoms with Gasteiger partial charge in [0.25, 0.3) is 0 Å². The van der Waals surface area contributed by atoms with Crippen molar-refractivity contribution in [3.8, 4) is 0 Å². The van der Waals surface area contributed by atoms with E-state index in [9.17, 15) is 0 Å². The number of nitrogens with one attached hydrogen (secondary N) is 2. The summed E-state index contributed by atoms with van der Waals surface area (Å²) in [6.45, 7) is 8.46. The molecule has 2 aromatic rings. The second kappa shape index (κ2) is 5.49. The molecule has 0 aliphatic carbocycles. The smallest absolute Gasteiger partial charge is 0.0705 e.